The molecule has 0 aliphatic heterocycles. The monoisotopic (exact) mass is 240 g/mol. The van der Waals surface area contributed by atoms with Gasteiger partial charge in [-0.3, -0.25) is 4.79 Å². The van der Waals surface area contributed by atoms with Crippen molar-refractivity contribution in [2.75, 3.05) is 0 Å². The van der Waals surface area contributed by atoms with Crippen molar-refractivity contribution in [1.82, 2.24) is 4.98 Å². The molecule has 4 nitrogen and oxygen atoms in total. The summed E-state index contributed by atoms with van der Waals surface area (Å²) >= 11 is 1.62. The molecule has 0 bridgehead atoms. The van der Waals surface area contributed by atoms with Gasteiger partial charge in [-0.1, -0.05) is 6.42 Å². The number of aryl methyl sites for hydroxylation is 1. The van der Waals surface area contributed by atoms with E-state index in [1.165, 1.54) is 25.0 Å². The van der Waals surface area contributed by atoms with Gasteiger partial charge in [0.1, 0.15) is 6.04 Å². The van der Waals surface area contributed by atoms with Crippen LogP contribution in [0.1, 0.15) is 42.3 Å². The molecule has 3 N–H and O–H groups in total. The average molecular weight is 240 g/mol. The van der Waals surface area contributed by atoms with Crippen molar-refractivity contribution in [3.63, 3.8) is 0 Å². The maximum atomic E-state index is 10.5. The van der Waals surface area contributed by atoms with E-state index in [0.29, 0.717) is 18.8 Å². The lowest BCUT2D eigenvalue weighted by atomic mass is 9.83. The van der Waals surface area contributed by atoms with Gasteiger partial charge in [0.05, 0.1) is 10.7 Å². The number of carbonyl (C=O) groups is 1. The van der Waals surface area contributed by atoms with Gasteiger partial charge in [-0.2, -0.15) is 0 Å². The van der Waals surface area contributed by atoms with E-state index in [1.54, 1.807) is 11.3 Å². The first kappa shape index (κ1) is 11.5. The molecule has 0 saturated heterocycles. The fraction of sp³-hybridized carbons (Fsp3) is 0.636. The number of thiazole rings is 1. The van der Waals surface area contributed by atoms with Gasteiger partial charge >= 0.3 is 5.97 Å². The van der Waals surface area contributed by atoms with E-state index in [9.17, 15) is 4.79 Å². The summed E-state index contributed by atoms with van der Waals surface area (Å²) in [5.74, 6) is -0.283. The number of rotatable bonds is 5. The Kier molecular flexibility index (Phi) is 3.56. The van der Waals surface area contributed by atoms with Crippen molar-refractivity contribution < 1.29 is 9.90 Å². The summed E-state index contributed by atoms with van der Waals surface area (Å²) in [7, 11) is 0. The van der Waals surface area contributed by atoms with E-state index in [4.69, 9.17) is 10.8 Å². The van der Waals surface area contributed by atoms with Gasteiger partial charge in [0.15, 0.2) is 0 Å². The molecule has 16 heavy (non-hydrogen) atoms. The normalized spacial score (nSPS) is 18.1. The lowest BCUT2D eigenvalue weighted by molar-refractivity contribution is -0.138. The molecule has 1 aliphatic carbocycles. The van der Waals surface area contributed by atoms with Gasteiger partial charge in [-0.25, -0.2) is 4.98 Å². The Bertz CT molecular complexity index is 374. The van der Waals surface area contributed by atoms with Crippen LogP contribution < -0.4 is 5.73 Å². The van der Waals surface area contributed by atoms with Crippen molar-refractivity contribution in [3.05, 3.63) is 16.1 Å². The molecule has 88 valence electrons. The smallest absolute Gasteiger partial charge is 0.320 e. The van der Waals surface area contributed by atoms with Crippen molar-refractivity contribution in [3.8, 4) is 0 Å². The maximum Gasteiger partial charge on any atom is 0.320 e. The summed E-state index contributed by atoms with van der Waals surface area (Å²) in [6.45, 7) is 0. The van der Waals surface area contributed by atoms with Crippen molar-refractivity contribution >= 4 is 17.3 Å². The zero-order valence-corrected chi connectivity index (χ0v) is 9.87. The largest absolute Gasteiger partial charge is 0.480 e. The third-order valence-electron chi connectivity index (χ3n) is 3.08. The van der Waals surface area contributed by atoms with Crippen molar-refractivity contribution in [2.45, 2.75) is 44.1 Å². The highest BCUT2D eigenvalue weighted by molar-refractivity contribution is 7.09. The van der Waals surface area contributed by atoms with Crippen LogP contribution in [0.3, 0.4) is 0 Å². The molecule has 0 amide bonds. The Labute approximate surface area is 98.5 Å². The second-order valence-corrected chi connectivity index (χ2v) is 5.22. The topological polar surface area (TPSA) is 76.2 Å². The first-order chi connectivity index (χ1) is 7.66. The van der Waals surface area contributed by atoms with Crippen LogP contribution in [-0.2, 0) is 11.2 Å². The van der Waals surface area contributed by atoms with Gasteiger partial charge in [0.25, 0.3) is 0 Å². The molecule has 1 fully saturated rings. The van der Waals surface area contributed by atoms with E-state index >= 15 is 0 Å². The summed E-state index contributed by atoms with van der Waals surface area (Å²) < 4.78 is 0. The van der Waals surface area contributed by atoms with E-state index in [0.717, 1.165) is 5.01 Å². The van der Waals surface area contributed by atoms with Crippen LogP contribution in [-0.4, -0.2) is 22.1 Å². The lowest BCUT2D eigenvalue weighted by Crippen LogP contribution is -2.30. The number of aromatic nitrogens is 1. The zero-order chi connectivity index (χ0) is 11.5. The van der Waals surface area contributed by atoms with E-state index in [-0.39, 0.29) is 0 Å². The Morgan fingerprint density at radius 2 is 2.44 bits per heavy atom. The number of nitrogens with two attached hydrogens (primary N) is 1. The fourth-order valence-electron chi connectivity index (χ4n) is 1.73. The highest BCUT2D eigenvalue weighted by atomic mass is 32.1. The maximum absolute atomic E-state index is 10.5. The van der Waals surface area contributed by atoms with Gasteiger partial charge < -0.3 is 10.8 Å². The molecule has 1 heterocycles. The molecule has 1 unspecified atom stereocenters. The second kappa shape index (κ2) is 4.93. The lowest BCUT2D eigenvalue weighted by Gasteiger charge is -2.23. The molecule has 0 spiro atoms. The summed E-state index contributed by atoms with van der Waals surface area (Å²) in [4.78, 5) is 15.1. The van der Waals surface area contributed by atoms with Crippen LogP contribution in [0.5, 0.6) is 0 Å². The predicted molar refractivity (Wildman–Crippen MR) is 62.6 cm³/mol. The Morgan fingerprint density at radius 3 is 3.00 bits per heavy atom. The molecule has 1 aliphatic rings. The van der Waals surface area contributed by atoms with Gasteiger partial charge in [-0.05, 0) is 19.3 Å². The SMILES string of the molecule is NC(CCc1nc(C2CCC2)cs1)C(=O)O. The number of hydrogen-bond acceptors (Lipinski definition) is 4. The van der Waals surface area contributed by atoms with Gasteiger partial charge in [0.2, 0.25) is 0 Å². The molecule has 5 heteroatoms. The number of carboxylic acids is 1. The van der Waals surface area contributed by atoms with Crippen LogP contribution in [0, 0.1) is 0 Å². The van der Waals surface area contributed by atoms with Crippen molar-refractivity contribution in [2.24, 2.45) is 5.73 Å². The standard InChI is InChI=1S/C11H16N2O2S/c12-8(11(14)15)4-5-10-13-9(6-16-10)7-2-1-3-7/h6-8H,1-5,12H2,(H,14,15). The Balaban J connectivity index is 1.85. The minimum atomic E-state index is -0.934. The summed E-state index contributed by atoms with van der Waals surface area (Å²) in [5.41, 5.74) is 6.64. The molecule has 1 aromatic heterocycles. The van der Waals surface area contributed by atoms with Crippen LogP contribution >= 0.6 is 11.3 Å². The first-order valence-corrected chi connectivity index (χ1v) is 6.47. The van der Waals surface area contributed by atoms with Crippen molar-refractivity contribution in [1.29, 1.82) is 0 Å². The number of nitrogens with zero attached hydrogens (tertiary/aromatic N) is 1. The van der Waals surface area contributed by atoms with Crippen LogP contribution in [0.4, 0.5) is 0 Å². The number of hydrogen-bond donors (Lipinski definition) is 2. The molecule has 1 atom stereocenters. The van der Waals surface area contributed by atoms with Crippen LogP contribution in [0.25, 0.3) is 0 Å². The van der Waals surface area contributed by atoms with E-state index in [2.05, 4.69) is 10.4 Å². The molecule has 1 saturated carbocycles. The molecular formula is C11H16N2O2S. The molecule has 0 radical (unpaired) electrons. The van der Waals surface area contributed by atoms with E-state index < -0.39 is 12.0 Å². The average Bonchev–Trinajstić information content (AvgIpc) is 2.59. The molecule has 0 aromatic carbocycles. The molecule has 2 rings (SSSR count). The third kappa shape index (κ3) is 2.59. The highest BCUT2D eigenvalue weighted by Crippen LogP contribution is 2.36. The Hall–Kier alpha value is -0.940. The highest BCUT2D eigenvalue weighted by Gasteiger charge is 2.22. The second-order valence-electron chi connectivity index (χ2n) is 4.28. The minimum absolute atomic E-state index is 0.465. The zero-order valence-electron chi connectivity index (χ0n) is 9.06. The number of aliphatic carboxylic acids is 1. The molecular weight excluding hydrogens is 224 g/mol. The quantitative estimate of drug-likeness (QED) is 0.822. The summed E-state index contributed by atoms with van der Waals surface area (Å²) in [5, 5.41) is 11.8. The van der Waals surface area contributed by atoms with Gasteiger partial charge in [-0.15, -0.1) is 11.3 Å². The minimum Gasteiger partial charge on any atom is -0.480 e. The first-order valence-electron chi connectivity index (χ1n) is 5.59. The third-order valence-corrected chi connectivity index (χ3v) is 4.01. The summed E-state index contributed by atoms with van der Waals surface area (Å²) in [6, 6.07) is -0.768. The molecule has 1 aromatic rings. The number of carboxylic acid groups (broad SMARTS) is 1. The van der Waals surface area contributed by atoms with Gasteiger partial charge in [0, 0.05) is 17.7 Å². The fourth-order valence-corrected chi connectivity index (χ4v) is 2.63. The summed E-state index contributed by atoms with van der Waals surface area (Å²) in [6.07, 6.45) is 4.94. The predicted octanol–water partition coefficient (Wildman–Crippen LogP) is 1.76. The van der Waals surface area contributed by atoms with E-state index in [1.807, 2.05) is 0 Å². The Morgan fingerprint density at radius 1 is 1.69 bits per heavy atom. The van der Waals surface area contributed by atoms with Crippen LogP contribution in [0.15, 0.2) is 5.38 Å². The van der Waals surface area contributed by atoms with Crippen LogP contribution in [0.2, 0.25) is 0 Å².